The van der Waals surface area contributed by atoms with Gasteiger partial charge in [0.05, 0.1) is 6.10 Å². The van der Waals surface area contributed by atoms with Crippen molar-refractivity contribution in [3.05, 3.63) is 47.9 Å². The Kier molecular flexibility index (Phi) is 5.03. The average Bonchev–Trinajstić information content (AvgIpc) is 3.27. The molecule has 0 saturated carbocycles. The highest BCUT2D eigenvalue weighted by Gasteiger charge is 2.14. The molecule has 29 heavy (non-hydrogen) atoms. The van der Waals surface area contributed by atoms with E-state index >= 15 is 0 Å². The number of H-pyrrole nitrogens is 1. The van der Waals surface area contributed by atoms with Gasteiger partial charge in [0.15, 0.2) is 5.82 Å². The van der Waals surface area contributed by atoms with Crippen LogP contribution < -0.4 is 10.6 Å². The molecule has 0 aliphatic carbocycles. The standard InChI is InChI=1S/C20H23N7O2/c1-12(2)29-20(28)24-19-26-25-18-17(22-9-10-27(18)19)21-8-7-14-11-23-16-13(3)5-4-6-15(14)16/h4-6,9-12,23H,7-8H2,1-3H3,(H,21,22)(H,24,26,28). The monoisotopic (exact) mass is 393 g/mol. The minimum Gasteiger partial charge on any atom is -0.447 e. The van der Waals surface area contributed by atoms with Crippen LogP contribution in [-0.2, 0) is 11.2 Å². The number of aryl methyl sites for hydroxylation is 1. The number of aromatic amines is 1. The van der Waals surface area contributed by atoms with Crippen molar-refractivity contribution in [2.24, 2.45) is 0 Å². The maximum atomic E-state index is 11.8. The van der Waals surface area contributed by atoms with Crippen molar-refractivity contribution in [1.29, 1.82) is 0 Å². The number of aromatic nitrogens is 5. The molecular weight excluding hydrogens is 370 g/mol. The molecule has 3 N–H and O–H groups in total. The molecule has 9 heteroatoms. The van der Waals surface area contributed by atoms with Gasteiger partial charge >= 0.3 is 6.09 Å². The Labute approximate surface area is 167 Å². The largest absolute Gasteiger partial charge is 0.447 e. The number of amides is 1. The van der Waals surface area contributed by atoms with Gasteiger partial charge in [0, 0.05) is 36.0 Å². The molecule has 0 spiro atoms. The summed E-state index contributed by atoms with van der Waals surface area (Å²) in [6, 6.07) is 6.29. The smallest absolute Gasteiger partial charge is 0.414 e. The first-order valence-corrected chi connectivity index (χ1v) is 9.49. The number of anilines is 2. The number of carbonyl (C=O) groups excluding carboxylic acids is 1. The third-order valence-corrected chi connectivity index (χ3v) is 4.58. The van der Waals surface area contributed by atoms with Gasteiger partial charge < -0.3 is 15.0 Å². The lowest BCUT2D eigenvalue weighted by molar-refractivity contribution is 0.129. The molecule has 0 fully saturated rings. The van der Waals surface area contributed by atoms with E-state index in [4.69, 9.17) is 4.74 Å². The van der Waals surface area contributed by atoms with Crippen LogP contribution in [0.5, 0.6) is 0 Å². The zero-order chi connectivity index (χ0) is 20.4. The minimum atomic E-state index is -0.574. The van der Waals surface area contributed by atoms with Crippen LogP contribution in [0.25, 0.3) is 16.6 Å². The van der Waals surface area contributed by atoms with E-state index in [1.807, 2.05) is 6.20 Å². The Balaban J connectivity index is 1.47. The summed E-state index contributed by atoms with van der Waals surface area (Å²) < 4.78 is 6.75. The highest BCUT2D eigenvalue weighted by atomic mass is 16.6. The fraction of sp³-hybridized carbons (Fsp3) is 0.300. The van der Waals surface area contributed by atoms with Crippen molar-refractivity contribution in [3.63, 3.8) is 0 Å². The second-order valence-electron chi connectivity index (χ2n) is 7.06. The summed E-state index contributed by atoms with van der Waals surface area (Å²) in [5, 5.41) is 15.3. The first kappa shape index (κ1) is 18.7. The van der Waals surface area contributed by atoms with E-state index in [9.17, 15) is 4.79 Å². The quantitative estimate of drug-likeness (QED) is 0.462. The summed E-state index contributed by atoms with van der Waals surface area (Å²) in [6.07, 6.45) is 5.40. The number of hydrogen-bond acceptors (Lipinski definition) is 6. The van der Waals surface area contributed by atoms with E-state index < -0.39 is 6.09 Å². The fourth-order valence-electron chi connectivity index (χ4n) is 3.26. The number of nitrogens with zero attached hydrogens (tertiary/aromatic N) is 4. The molecule has 0 radical (unpaired) electrons. The van der Waals surface area contributed by atoms with E-state index in [0.717, 1.165) is 6.42 Å². The van der Waals surface area contributed by atoms with Crippen LogP contribution >= 0.6 is 0 Å². The lowest BCUT2D eigenvalue weighted by atomic mass is 10.1. The van der Waals surface area contributed by atoms with Crippen LogP contribution in [-0.4, -0.2) is 43.3 Å². The van der Waals surface area contributed by atoms with Gasteiger partial charge in [-0.05, 0) is 38.3 Å². The van der Waals surface area contributed by atoms with Crippen LogP contribution in [0.2, 0.25) is 0 Å². The molecule has 1 aromatic carbocycles. The first-order valence-electron chi connectivity index (χ1n) is 9.49. The SMILES string of the molecule is Cc1cccc2c(CCNc3nccn4c(NC(=O)OC(C)C)nnc34)c[nH]c12. The Morgan fingerprint density at radius 2 is 2.17 bits per heavy atom. The molecule has 4 rings (SSSR count). The van der Waals surface area contributed by atoms with Crippen LogP contribution in [0.4, 0.5) is 16.6 Å². The molecule has 0 atom stereocenters. The van der Waals surface area contributed by atoms with Gasteiger partial charge in [-0.1, -0.05) is 18.2 Å². The van der Waals surface area contributed by atoms with E-state index in [2.05, 4.69) is 55.9 Å². The molecule has 0 bridgehead atoms. The van der Waals surface area contributed by atoms with Crippen LogP contribution in [0.15, 0.2) is 36.8 Å². The Morgan fingerprint density at radius 3 is 3.00 bits per heavy atom. The molecule has 3 heterocycles. The number of hydrogen-bond donors (Lipinski definition) is 3. The average molecular weight is 393 g/mol. The lowest BCUT2D eigenvalue weighted by Crippen LogP contribution is -2.19. The molecule has 3 aromatic heterocycles. The van der Waals surface area contributed by atoms with E-state index in [0.29, 0.717) is 18.0 Å². The number of rotatable bonds is 6. The Morgan fingerprint density at radius 1 is 1.31 bits per heavy atom. The third kappa shape index (κ3) is 3.84. The van der Waals surface area contributed by atoms with Crippen molar-refractivity contribution in [3.8, 4) is 0 Å². The summed E-state index contributed by atoms with van der Waals surface area (Å²) in [6.45, 7) is 6.34. The lowest BCUT2D eigenvalue weighted by Gasteiger charge is -2.09. The molecule has 0 aliphatic heterocycles. The maximum absolute atomic E-state index is 11.8. The van der Waals surface area contributed by atoms with Crippen molar-refractivity contribution in [2.45, 2.75) is 33.3 Å². The summed E-state index contributed by atoms with van der Waals surface area (Å²) in [7, 11) is 0. The minimum absolute atomic E-state index is 0.221. The van der Waals surface area contributed by atoms with Crippen molar-refractivity contribution in [1.82, 2.24) is 24.6 Å². The molecule has 4 aromatic rings. The van der Waals surface area contributed by atoms with Crippen molar-refractivity contribution >= 4 is 34.4 Å². The maximum Gasteiger partial charge on any atom is 0.414 e. The van der Waals surface area contributed by atoms with Gasteiger partial charge in [-0.15, -0.1) is 10.2 Å². The highest BCUT2D eigenvalue weighted by Crippen LogP contribution is 2.22. The number of para-hydroxylation sites is 1. The summed E-state index contributed by atoms with van der Waals surface area (Å²) in [4.78, 5) is 19.5. The summed E-state index contributed by atoms with van der Waals surface area (Å²) in [5.41, 5.74) is 4.17. The second kappa shape index (κ2) is 7.78. The van der Waals surface area contributed by atoms with Crippen molar-refractivity contribution < 1.29 is 9.53 Å². The highest BCUT2D eigenvalue weighted by molar-refractivity contribution is 5.86. The molecule has 0 saturated heterocycles. The third-order valence-electron chi connectivity index (χ3n) is 4.58. The van der Waals surface area contributed by atoms with E-state index in [1.165, 1.54) is 22.0 Å². The molecule has 1 amide bonds. The van der Waals surface area contributed by atoms with Gasteiger partial charge in [0.2, 0.25) is 11.6 Å². The van der Waals surface area contributed by atoms with E-state index in [-0.39, 0.29) is 12.1 Å². The number of carbonyl (C=O) groups is 1. The number of nitrogens with one attached hydrogen (secondary N) is 3. The molecule has 9 nitrogen and oxygen atoms in total. The second-order valence-corrected chi connectivity index (χ2v) is 7.06. The predicted molar refractivity (Wildman–Crippen MR) is 111 cm³/mol. The van der Waals surface area contributed by atoms with Crippen LogP contribution in [0.1, 0.15) is 25.0 Å². The summed E-state index contributed by atoms with van der Waals surface area (Å²) in [5.74, 6) is 0.879. The zero-order valence-corrected chi connectivity index (χ0v) is 16.6. The Hall–Kier alpha value is -3.62. The predicted octanol–water partition coefficient (Wildman–Crippen LogP) is 3.53. The topological polar surface area (TPSA) is 109 Å². The van der Waals surface area contributed by atoms with Crippen LogP contribution in [0, 0.1) is 6.92 Å². The van der Waals surface area contributed by atoms with Gasteiger partial charge in [-0.3, -0.25) is 9.72 Å². The molecule has 0 unspecified atom stereocenters. The van der Waals surface area contributed by atoms with Gasteiger partial charge in [0.25, 0.3) is 0 Å². The number of ether oxygens (including phenoxy) is 1. The van der Waals surface area contributed by atoms with Gasteiger partial charge in [0.1, 0.15) is 0 Å². The number of fused-ring (bicyclic) bond motifs is 2. The molecular formula is C20H23N7O2. The Bertz CT molecular complexity index is 1160. The van der Waals surface area contributed by atoms with E-state index in [1.54, 1.807) is 30.6 Å². The van der Waals surface area contributed by atoms with Crippen molar-refractivity contribution in [2.75, 3.05) is 17.2 Å². The normalized spacial score (nSPS) is 11.3. The molecule has 0 aliphatic rings. The zero-order valence-electron chi connectivity index (χ0n) is 16.6. The summed E-state index contributed by atoms with van der Waals surface area (Å²) >= 11 is 0. The number of benzene rings is 1. The van der Waals surface area contributed by atoms with Gasteiger partial charge in [-0.25, -0.2) is 9.78 Å². The van der Waals surface area contributed by atoms with Crippen LogP contribution in [0.3, 0.4) is 0 Å². The molecule has 150 valence electrons. The first-order chi connectivity index (χ1) is 14.0. The van der Waals surface area contributed by atoms with Gasteiger partial charge in [-0.2, -0.15) is 0 Å². The fourth-order valence-corrected chi connectivity index (χ4v) is 3.26.